The molecule has 2 aromatic rings. The van der Waals surface area contributed by atoms with E-state index in [1.54, 1.807) is 36.4 Å². The quantitative estimate of drug-likeness (QED) is 0.225. The van der Waals surface area contributed by atoms with Crippen molar-refractivity contribution in [3.63, 3.8) is 0 Å². The maximum atomic E-state index is 13.0. The molecule has 3 rings (SSSR count). The van der Waals surface area contributed by atoms with Gasteiger partial charge in [-0.2, -0.15) is 0 Å². The third-order valence-electron chi connectivity index (χ3n) is 5.16. The highest BCUT2D eigenvalue weighted by atomic mass is 79.9. The topological polar surface area (TPSA) is 106 Å². The Hall–Kier alpha value is -3.30. The molecule has 174 valence electrons. The zero-order chi connectivity index (χ0) is 24.1. The molecule has 1 atom stereocenters. The maximum absolute atomic E-state index is 13.0. The molecule has 1 heterocycles. The van der Waals surface area contributed by atoms with Crippen LogP contribution < -0.4 is 9.47 Å². The van der Waals surface area contributed by atoms with Crippen LogP contribution in [0, 0.1) is 0 Å². The molecule has 8 nitrogen and oxygen atoms in total. The first-order valence-electron chi connectivity index (χ1n) is 10.0. The van der Waals surface area contributed by atoms with E-state index in [1.165, 1.54) is 25.2 Å². The van der Waals surface area contributed by atoms with Gasteiger partial charge in [0, 0.05) is 19.2 Å². The standard InChI is InChI=1S/C24H24BrNO7/c1-4-10-33-16-7-5-14(6-8-16)21(27)19-20(26(9-11-31-2)24(30)23(19)29)15-12-17(25)22(28)18(13-15)32-3/h4-8,12-13,20,27-28H,1,9-11H2,2-3H3/t20-/m1/s1. The van der Waals surface area contributed by atoms with Crippen LogP contribution in [-0.2, 0) is 14.3 Å². The monoisotopic (exact) mass is 517 g/mol. The molecule has 0 spiro atoms. The number of nitrogens with zero attached hydrogens (tertiary/aromatic N) is 1. The number of ether oxygens (including phenoxy) is 3. The third-order valence-corrected chi connectivity index (χ3v) is 5.76. The maximum Gasteiger partial charge on any atom is 0.295 e. The van der Waals surface area contributed by atoms with Gasteiger partial charge < -0.3 is 29.3 Å². The highest BCUT2D eigenvalue weighted by Crippen LogP contribution is 2.44. The van der Waals surface area contributed by atoms with Crippen LogP contribution in [0.4, 0.5) is 0 Å². The molecule has 0 aromatic heterocycles. The van der Waals surface area contributed by atoms with Crippen LogP contribution in [0.2, 0.25) is 0 Å². The zero-order valence-corrected chi connectivity index (χ0v) is 19.8. The van der Waals surface area contributed by atoms with E-state index in [0.717, 1.165) is 0 Å². The third kappa shape index (κ3) is 4.89. The first-order valence-corrected chi connectivity index (χ1v) is 10.8. The van der Waals surface area contributed by atoms with E-state index >= 15 is 0 Å². The highest BCUT2D eigenvalue weighted by molar-refractivity contribution is 9.10. The minimum Gasteiger partial charge on any atom is -0.507 e. The van der Waals surface area contributed by atoms with Crippen molar-refractivity contribution in [3.8, 4) is 17.2 Å². The highest BCUT2D eigenvalue weighted by Gasteiger charge is 2.46. The second-order valence-electron chi connectivity index (χ2n) is 7.16. The summed E-state index contributed by atoms with van der Waals surface area (Å²) in [6.45, 7) is 4.23. The Kier molecular flexibility index (Phi) is 7.78. The summed E-state index contributed by atoms with van der Waals surface area (Å²) in [4.78, 5) is 27.2. The first kappa shape index (κ1) is 24.3. The molecule has 9 heteroatoms. The van der Waals surface area contributed by atoms with Gasteiger partial charge >= 0.3 is 0 Å². The van der Waals surface area contributed by atoms with E-state index in [4.69, 9.17) is 14.2 Å². The fraction of sp³-hybridized carbons (Fsp3) is 0.250. The van der Waals surface area contributed by atoms with Gasteiger partial charge in [0.2, 0.25) is 0 Å². The molecule has 1 aliphatic rings. The second kappa shape index (κ2) is 10.5. The van der Waals surface area contributed by atoms with Gasteiger partial charge in [-0.3, -0.25) is 9.59 Å². The van der Waals surface area contributed by atoms with Gasteiger partial charge in [0.1, 0.15) is 18.1 Å². The van der Waals surface area contributed by atoms with E-state index in [2.05, 4.69) is 22.5 Å². The second-order valence-corrected chi connectivity index (χ2v) is 8.02. The number of likely N-dealkylation sites (tertiary alicyclic amines) is 1. The van der Waals surface area contributed by atoms with Crippen LogP contribution >= 0.6 is 15.9 Å². The van der Waals surface area contributed by atoms with E-state index < -0.39 is 17.7 Å². The number of carbonyl (C=O) groups is 2. The van der Waals surface area contributed by atoms with Crippen molar-refractivity contribution >= 4 is 33.4 Å². The number of benzene rings is 2. The van der Waals surface area contributed by atoms with E-state index in [0.29, 0.717) is 28.0 Å². The number of aliphatic hydroxyl groups is 1. The number of aromatic hydroxyl groups is 1. The molecule has 0 saturated carbocycles. The van der Waals surface area contributed by atoms with Crippen LogP contribution in [0.1, 0.15) is 17.2 Å². The van der Waals surface area contributed by atoms with Crippen molar-refractivity contribution in [2.45, 2.75) is 6.04 Å². The Morgan fingerprint density at radius 1 is 1.21 bits per heavy atom. The number of rotatable bonds is 9. The van der Waals surface area contributed by atoms with Gasteiger partial charge in [-0.15, -0.1) is 0 Å². The fourth-order valence-corrected chi connectivity index (χ4v) is 4.03. The van der Waals surface area contributed by atoms with Crippen molar-refractivity contribution in [1.82, 2.24) is 4.90 Å². The Balaban J connectivity index is 2.14. The first-order chi connectivity index (χ1) is 15.8. The number of aliphatic hydroxyl groups excluding tert-OH is 1. The largest absolute Gasteiger partial charge is 0.507 e. The summed E-state index contributed by atoms with van der Waals surface area (Å²) in [6.07, 6.45) is 1.61. The molecule has 1 saturated heterocycles. The minimum atomic E-state index is -0.914. The summed E-state index contributed by atoms with van der Waals surface area (Å²) in [5, 5.41) is 21.3. The Morgan fingerprint density at radius 2 is 1.91 bits per heavy atom. The van der Waals surface area contributed by atoms with Crippen LogP contribution in [0.3, 0.4) is 0 Å². The molecule has 0 unspecified atom stereocenters. The molecule has 1 amide bonds. The lowest BCUT2D eigenvalue weighted by Crippen LogP contribution is -2.32. The molecular weight excluding hydrogens is 494 g/mol. The number of phenols is 1. The van der Waals surface area contributed by atoms with E-state index in [-0.39, 0.29) is 36.0 Å². The number of ketones is 1. The molecule has 0 radical (unpaired) electrons. The number of hydrogen-bond donors (Lipinski definition) is 2. The summed E-state index contributed by atoms with van der Waals surface area (Å²) in [5.74, 6) is -1.30. The van der Waals surface area contributed by atoms with Gasteiger partial charge in [0.05, 0.1) is 29.8 Å². The Bertz CT molecular complexity index is 1090. The van der Waals surface area contributed by atoms with E-state index in [9.17, 15) is 19.8 Å². The molecule has 0 aliphatic carbocycles. The number of Topliss-reactive ketones (excluding diaryl/α,β-unsaturated/α-hetero) is 1. The lowest BCUT2D eigenvalue weighted by Gasteiger charge is -2.25. The SMILES string of the molecule is C=CCOc1ccc(C(O)=C2C(=O)C(=O)N(CCOC)[C@@H]2c2cc(Br)c(O)c(OC)c2)cc1. The predicted octanol–water partition coefficient (Wildman–Crippen LogP) is 3.80. The van der Waals surface area contributed by atoms with Gasteiger partial charge in [-0.1, -0.05) is 12.7 Å². The Morgan fingerprint density at radius 3 is 2.52 bits per heavy atom. The average molecular weight is 518 g/mol. The van der Waals surface area contributed by atoms with Gasteiger partial charge in [-0.25, -0.2) is 0 Å². The van der Waals surface area contributed by atoms with Gasteiger partial charge in [0.25, 0.3) is 11.7 Å². The summed E-state index contributed by atoms with van der Waals surface area (Å²) in [5.41, 5.74) is 0.746. The smallest absolute Gasteiger partial charge is 0.295 e. The van der Waals surface area contributed by atoms with Crippen molar-refractivity contribution in [3.05, 3.63) is 70.2 Å². The van der Waals surface area contributed by atoms with Crippen molar-refractivity contribution in [2.24, 2.45) is 0 Å². The average Bonchev–Trinajstić information content (AvgIpc) is 3.07. The number of methoxy groups -OCH3 is 2. The molecule has 33 heavy (non-hydrogen) atoms. The predicted molar refractivity (Wildman–Crippen MR) is 125 cm³/mol. The number of carbonyl (C=O) groups excluding carboxylic acids is 2. The minimum absolute atomic E-state index is 0.0736. The van der Waals surface area contributed by atoms with Crippen molar-refractivity contribution < 1.29 is 34.0 Å². The molecule has 1 fully saturated rings. The van der Waals surface area contributed by atoms with Crippen molar-refractivity contribution in [2.75, 3.05) is 34.0 Å². The van der Waals surface area contributed by atoms with Crippen molar-refractivity contribution in [1.29, 1.82) is 0 Å². The van der Waals surface area contributed by atoms with Crippen LogP contribution in [0.15, 0.2) is 59.1 Å². The molecular formula is C24H24BrNO7. The molecule has 1 aliphatic heterocycles. The van der Waals surface area contributed by atoms with Crippen LogP contribution in [-0.4, -0.2) is 60.8 Å². The summed E-state index contributed by atoms with van der Waals surface area (Å²) < 4.78 is 16.1. The lowest BCUT2D eigenvalue weighted by atomic mass is 9.95. The van der Waals surface area contributed by atoms with Gasteiger partial charge in [0.15, 0.2) is 11.5 Å². The van der Waals surface area contributed by atoms with E-state index in [1.807, 2.05) is 0 Å². The molecule has 0 bridgehead atoms. The number of amides is 1. The fourth-order valence-electron chi connectivity index (χ4n) is 3.57. The molecule has 2 N–H and O–H groups in total. The Labute approximate surface area is 199 Å². The van der Waals surface area contributed by atoms with Gasteiger partial charge in [-0.05, 0) is 57.9 Å². The normalized spacial score (nSPS) is 17.3. The zero-order valence-electron chi connectivity index (χ0n) is 18.2. The molecule has 2 aromatic carbocycles. The summed E-state index contributed by atoms with van der Waals surface area (Å²) in [7, 11) is 2.88. The number of hydrogen-bond acceptors (Lipinski definition) is 7. The summed E-state index contributed by atoms with van der Waals surface area (Å²) >= 11 is 3.28. The lowest BCUT2D eigenvalue weighted by molar-refractivity contribution is -0.140. The van der Waals surface area contributed by atoms with Crippen LogP contribution in [0.5, 0.6) is 17.2 Å². The van der Waals surface area contributed by atoms with Crippen LogP contribution in [0.25, 0.3) is 5.76 Å². The number of phenolic OH excluding ortho intramolecular Hbond substituents is 1. The number of halogens is 1. The summed E-state index contributed by atoms with van der Waals surface area (Å²) in [6, 6.07) is 8.68.